The van der Waals surface area contributed by atoms with Gasteiger partial charge in [0.2, 0.25) is 0 Å². The summed E-state index contributed by atoms with van der Waals surface area (Å²) < 4.78 is 0. The van der Waals surface area contributed by atoms with Gasteiger partial charge in [-0.1, -0.05) is 66.7 Å². The zero-order valence-corrected chi connectivity index (χ0v) is 19.0. The van der Waals surface area contributed by atoms with Crippen LogP contribution >= 0.6 is 0 Å². The van der Waals surface area contributed by atoms with Gasteiger partial charge in [0.05, 0.1) is 18.3 Å². The predicted octanol–water partition coefficient (Wildman–Crippen LogP) is 4.56. The van der Waals surface area contributed by atoms with Gasteiger partial charge in [0, 0.05) is 29.2 Å². The van der Waals surface area contributed by atoms with Crippen LogP contribution in [0, 0.1) is 0 Å². The van der Waals surface area contributed by atoms with Crippen LogP contribution in [0.5, 0.6) is 0 Å². The molecule has 1 fully saturated rings. The molecule has 5 nitrogen and oxygen atoms in total. The first kappa shape index (κ1) is 22.3. The van der Waals surface area contributed by atoms with Crippen molar-refractivity contribution in [2.75, 3.05) is 0 Å². The second-order valence-corrected chi connectivity index (χ2v) is 8.97. The van der Waals surface area contributed by atoms with E-state index in [9.17, 15) is 9.90 Å². The molecular weight excluding hydrogens is 422 g/mol. The van der Waals surface area contributed by atoms with Crippen molar-refractivity contribution in [3.8, 4) is 0 Å². The molecule has 5 rings (SSSR count). The van der Waals surface area contributed by atoms with E-state index >= 15 is 0 Å². The summed E-state index contributed by atoms with van der Waals surface area (Å²) in [5.41, 5.74) is 3.64. The summed E-state index contributed by atoms with van der Waals surface area (Å²) in [5.74, 6) is -0.105. The van der Waals surface area contributed by atoms with E-state index in [0.717, 1.165) is 41.3 Å². The highest BCUT2D eigenvalue weighted by Crippen LogP contribution is 2.26. The highest BCUT2D eigenvalue weighted by atomic mass is 16.3. The van der Waals surface area contributed by atoms with Crippen LogP contribution in [0.2, 0.25) is 0 Å². The molecule has 0 spiro atoms. The highest BCUT2D eigenvalue weighted by Gasteiger charge is 2.29. The molecule has 2 heterocycles. The molecule has 1 amide bonds. The first-order valence-corrected chi connectivity index (χ1v) is 11.9. The molecule has 1 aliphatic rings. The van der Waals surface area contributed by atoms with Crippen LogP contribution in [-0.2, 0) is 13.0 Å². The van der Waals surface area contributed by atoms with Gasteiger partial charge in [-0.2, -0.15) is 0 Å². The number of carbonyl (C=O) groups is 1. The Morgan fingerprint density at radius 1 is 0.971 bits per heavy atom. The molecule has 34 heavy (non-hydrogen) atoms. The maximum absolute atomic E-state index is 12.7. The Morgan fingerprint density at radius 3 is 2.56 bits per heavy atom. The zero-order chi connectivity index (χ0) is 23.3. The number of nitrogens with zero attached hydrogens (tertiary/aromatic N) is 1. The third kappa shape index (κ3) is 5.01. The molecule has 0 radical (unpaired) electrons. The SMILES string of the molecule is O=C(NCc1nccc2ccccc12)c1ccc(C[C@@H]2CC[C@H]([C@H](O)c3ccccc3)N2)cc1. The Hall–Kier alpha value is -3.54. The number of nitrogens with one attached hydrogen (secondary N) is 2. The van der Waals surface area contributed by atoms with Crippen molar-refractivity contribution in [1.29, 1.82) is 0 Å². The van der Waals surface area contributed by atoms with Gasteiger partial charge in [0.25, 0.3) is 5.91 Å². The largest absolute Gasteiger partial charge is 0.387 e. The number of carbonyl (C=O) groups excluding carboxylic acids is 1. The number of amides is 1. The molecule has 172 valence electrons. The Labute approximate surface area is 199 Å². The van der Waals surface area contributed by atoms with Crippen molar-refractivity contribution in [2.24, 2.45) is 0 Å². The lowest BCUT2D eigenvalue weighted by molar-refractivity contribution is 0.0950. The lowest BCUT2D eigenvalue weighted by Crippen LogP contribution is -2.35. The van der Waals surface area contributed by atoms with Gasteiger partial charge < -0.3 is 15.7 Å². The number of hydrogen-bond acceptors (Lipinski definition) is 4. The van der Waals surface area contributed by atoms with Crippen molar-refractivity contribution in [3.63, 3.8) is 0 Å². The Kier molecular flexibility index (Phi) is 6.65. The first-order chi connectivity index (χ1) is 16.7. The number of pyridine rings is 1. The van der Waals surface area contributed by atoms with E-state index in [2.05, 4.69) is 15.6 Å². The highest BCUT2D eigenvalue weighted by molar-refractivity contribution is 5.94. The Balaban J connectivity index is 1.15. The van der Waals surface area contributed by atoms with Crippen LogP contribution in [-0.4, -0.2) is 28.1 Å². The van der Waals surface area contributed by atoms with Gasteiger partial charge >= 0.3 is 0 Å². The topological polar surface area (TPSA) is 74.2 Å². The number of benzene rings is 3. The van der Waals surface area contributed by atoms with E-state index < -0.39 is 6.10 Å². The molecule has 1 saturated heterocycles. The van der Waals surface area contributed by atoms with Crippen molar-refractivity contribution in [2.45, 2.75) is 44.0 Å². The number of fused-ring (bicyclic) bond motifs is 1. The number of aromatic nitrogens is 1. The Bertz CT molecular complexity index is 1250. The fourth-order valence-corrected chi connectivity index (χ4v) is 4.81. The van der Waals surface area contributed by atoms with Crippen LogP contribution in [0.25, 0.3) is 10.8 Å². The zero-order valence-electron chi connectivity index (χ0n) is 19.0. The van der Waals surface area contributed by atoms with Crippen molar-refractivity contribution in [1.82, 2.24) is 15.6 Å². The first-order valence-electron chi connectivity index (χ1n) is 11.9. The molecule has 5 heteroatoms. The summed E-state index contributed by atoms with van der Waals surface area (Å²) >= 11 is 0. The van der Waals surface area contributed by atoms with Gasteiger partial charge in [-0.15, -0.1) is 0 Å². The van der Waals surface area contributed by atoms with E-state index in [-0.39, 0.29) is 11.9 Å². The van der Waals surface area contributed by atoms with Crippen LogP contribution in [0.3, 0.4) is 0 Å². The number of aliphatic hydroxyl groups is 1. The predicted molar refractivity (Wildman–Crippen MR) is 134 cm³/mol. The molecule has 4 aromatic rings. The second-order valence-electron chi connectivity index (χ2n) is 8.97. The minimum absolute atomic E-state index is 0.0696. The summed E-state index contributed by atoms with van der Waals surface area (Å²) in [6.07, 6.45) is 4.13. The third-order valence-electron chi connectivity index (χ3n) is 6.67. The molecule has 3 N–H and O–H groups in total. The summed E-state index contributed by atoms with van der Waals surface area (Å²) in [7, 11) is 0. The van der Waals surface area contributed by atoms with Gasteiger partial charge in [-0.3, -0.25) is 9.78 Å². The molecule has 3 atom stereocenters. The lowest BCUT2D eigenvalue weighted by atomic mass is 10.0. The summed E-state index contributed by atoms with van der Waals surface area (Å²) in [6.45, 7) is 0.388. The second kappa shape index (κ2) is 10.2. The lowest BCUT2D eigenvalue weighted by Gasteiger charge is -2.20. The average Bonchev–Trinajstić information content (AvgIpc) is 3.36. The van der Waals surface area contributed by atoms with Crippen molar-refractivity contribution < 1.29 is 9.90 Å². The van der Waals surface area contributed by atoms with Crippen LogP contribution in [0.15, 0.2) is 91.1 Å². The molecule has 0 bridgehead atoms. The minimum Gasteiger partial charge on any atom is -0.387 e. The standard InChI is InChI=1S/C29H29N3O2/c33-28(22-7-2-1-3-8-22)26-15-14-24(32-26)18-20-10-12-23(13-11-20)29(34)31-19-27-25-9-5-4-6-21(25)16-17-30-27/h1-13,16-17,24,26,28,32-33H,14-15,18-19H2,(H,31,34)/t24-,26+,28+/m0/s1. The average molecular weight is 452 g/mol. The molecular formula is C29H29N3O2. The molecule has 1 aromatic heterocycles. The van der Waals surface area contributed by atoms with E-state index in [4.69, 9.17) is 0 Å². The maximum atomic E-state index is 12.7. The molecule has 0 saturated carbocycles. The van der Waals surface area contributed by atoms with Gasteiger partial charge in [0.1, 0.15) is 0 Å². The smallest absolute Gasteiger partial charge is 0.251 e. The van der Waals surface area contributed by atoms with Crippen LogP contribution in [0.1, 0.15) is 46.1 Å². The van der Waals surface area contributed by atoms with E-state index in [1.54, 1.807) is 6.20 Å². The van der Waals surface area contributed by atoms with Crippen LogP contribution < -0.4 is 10.6 Å². The normalized spacial score (nSPS) is 18.6. The third-order valence-corrected chi connectivity index (χ3v) is 6.67. The summed E-state index contributed by atoms with van der Waals surface area (Å²) in [4.78, 5) is 17.1. The minimum atomic E-state index is -0.492. The fraction of sp³-hybridized carbons (Fsp3) is 0.241. The van der Waals surface area contributed by atoms with Crippen molar-refractivity contribution in [3.05, 3.63) is 114 Å². The van der Waals surface area contributed by atoms with Gasteiger partial charge in [-0.05, 0) is 54.0 Å². The van der Waals surface area contributed by atoms with Gasteiger partial charge in [0.15, 0.2) is 0 Å². The molecule has 1 aliphatic heterocycles. The van der Waals surface area contributed by atoms with Crippen molar-refractivity contribution >= 4 is 16.7 Å². The van der Waals surface area contributed by atoms with Gasteiger partial charge in [-0.25, -0.2) is 0 Å². The van der Waals surface area contributed by atoms with E-state index in [0.29, 0.717) is 18.2 Å². The molecule has 0 aliphatic carbocycles. The number of rotatable bonds is 7. The van der Waals surface area contributed by atoms with Crippen LogP contribution in [0.4, 0.5) is 0 Å². The van der Waals surface area contributed by atoms with E-state index in [1.807, 2.05) is 84.9 Å². The van der Waals surface area contributed by atoms with E-state index in [1.165, 1.54) is 5.56 Å². The number of aliphatic hydroxyl groups excluding tert-OH is 1. The fourth-order valence-electron chi connectivity index (χ4n) is 4.81. The monoisotopic (exact) mass is 451 g/mol. The quantitative estimate of drug-likeness (QED) is 0.385. The Morgan fingerprint density at radius 2 is 1.74 bits per heavy atom. The maximum Gasteiger partial charge on any atom is 0.251 e. The summed E-state index contributed by atoms with van der Waals surface area (Å²) in [6, 6.07) is 28.1. The molecule has 3 aromatic carbocycles. The summed E-state index contributed by atoms with van der Waals surface area (Å²) in [5, 5.41) is 19.4. The molecule has 0 unspecified atom stereocenters. The number of hydrogen-bond donors (Lipinski definition) is 3.